The Hall–Kier alpha value is -1.08. The monoisotopic (exact) mass is 295 g/mol. The molecule has 0 aliphatic rings. The van der Waals surface area contributed by atoms with E-state index in [2.05, 4.69) is 36.3 Å². The fourth-order valence-corrected chi connectivity index (χ4v) is 4.10. The van der Waals surface area contributed by atoms with Gasteiger partial charge in [0.1, 0.15) is 14.8 Å². The summed E-state index contributed by atoms with van der Waals surface area (Å²) >= 11 is 0. The van der Waals surface area contributed by atoms with E-state index < -0.39 is 16.6 Å². The van der Waals surface area contributed by atoms with Crippen LogP contribution in [0.5, 0.6) is 0 Å². The van der Waals surface area contributed by atoms with E-state index in [1.165, 1.54) is 0 Å². The summed E-state index contributed by atoms with van der Waals surface area (Å²) in [4.78, 5) is 12.1. The second-order valence-corrected chi connectivity index (χ2v) is 16.0. The first kappa shape index (κ1) is 16.0. The van der Waals surface area contributed by atoms with Crippen molar-refractivity contribution in [2.75, 3.05) is 11.1 Å². The van der Waals surface area contributed by atoms with E-state index >= 15 is 0 Å². The molecule has 3 nitrogen and oxygen atoms in total. The van der Waals surface area contributed by atoms with Gasteiger partial charge in [-0.2, -0.15) is 0 Å². The Kier molecular flexibility index (Phi) is 4.98. The van der Waals surface area contributed by atoms with Crippen LogP contribution in [-0.4, -0.2) is 29.1 Å². The lowest BCUT2D eigenvalue weighted by Gasteiger charge is -2.36. The third kappa shape index (κ3) is 5.61. The van der Waals surface area contributed by atoms with Crippen LogP contribution in [0, 0.1) is 0 Å². The van der Waals surface area contributed by atoms with Crippen molar-refractivity contribution >= 4 is 28.2 Å². The number of carbonyl (C=O) groups excluding carboxylic acids is 1. The Bertz CT molecular complexity index is 421. The molecular weight excluding hydrogens is 270 g/mol. The molecule has 1 aromatic rings. The minimum Gasteiger partial charge on any atom is -0.519 e. The van der Waals surface area contributed by atoms with Gasteiger partial charge >= 0.3 is 5.97 Å². The molecule has 0 aliphatic heterocycles. The van der Waals surface area contributed by atoms with Gasteiger partial charge in [0.2, 0.25) is 8.32 Å². The fraction of sp³-hybridized carbons (Fsp3) is 0.500. The van der Waals surface area contributed by atoms with E-state index in [1.807, 2.05) is 37.8 Å². The van der Waals surface area contributed by atoms with Crippen LogP contribution in [0.25, 0.3) is 0 Å². The second-order valence-electron chi connectivity index (χ2n) is 6.68. The summed E-state index contributed by atoms with van der Waals surface area (Å²) in [7, 11) is -3.43. The van der Waals surface area contributed by atoms with Crippen LogP contribution in [0.1, 0.15) is 0 Å². The van der Waals surface area contributed by atoms with Crippen LogP contribution in [0.15, 0.2) is 30.3 Å². The molecule has 0 spiro atoms. The number of benzene rings is 1. The van der Waals surface area contributed by atoms with Gasteiger partial charge in [-0.05, 0) is 31.8 Å². The summed E-state index contributed by atoms with van der Waals surface area (Å²) < 4.78 is 7.78. The van der Waals surface area contributed by atoms with E-state index in [9.17, 15) is 4.79 Å². The first-order valence-corrected chi connectivity index (χ1v) is 13.5. The van der Waals surface area contributed by atoms with Crippen LogP contribution in [0.4, 0.5) is 5.69 Å². The Morgan fingerprint density at radius 3 is 2.00 bits per heavy atom. The van der Waals surface area contributed by atoms with E-state index in [0.29, 0.717) is 6.54 Å². The third-order valence-electron chi connectivity index (χ3n) is 2.58. The quantitative estimate of drug-likeness (QED) is 0.776. The predicted octanol–water partition coefficient (Wildman–Crippen LogP) is 3.71. The minimum absolute atomic E-state index is 0.106. The average Bonchev–Trinajstić information content (AvgIpc) is 2.23. The molecule has 106 valence electrons. The lowest BCUT2D eigenvalue weighted by molar-refractivity contribution is -0.133. The highest BCUT2D eigenvalue weighted by molar-refractivity contribution is 6.80. The van der Waals surface area contributed by atoms with Crippen molar-refractivity contribution in [1.29, 1.82) is 0 Å². The summed E-state index contributed by atoms with van der Waals surface area (Å²) in [6.45, 7) is 13.2. The molecule has 0 amide bonds. The topological polar surface area (TPSA) is 29.5 Å². The molecule has 0 unspecified atom stereocenters. The molecule has 0 aliphatic carbocycles. The lowest BCUT2D eigenvalue weighted by Crippen LogP contribution is -2.50. The summed E-state index contributed by atoms with van der Waals surface area (Å²) in [5, 5.41) is 0. The van der Waals surface area contributed by atoms with Gasteiger partial charge in [-0.15, -0.1) is 0 Å². The molecule has 1 aromatic carbocycles. The normalized spacial score (nSPS) is 12.1. The van der Waals surface area contributed by atoms with E-state index in [0.717, 1.165) is 5.69 Å². The van der Waals surface area contributed by atoms with Crippen molar-refractivity contribution in [3.8, 4) is 0 Å². The highest BCUT2D eigenvalue weighted by Gasteiger charge is 2.28. The van der Waals surface area contributed by atoms with Gasteiger partial charge in [-0.1, -0.05) is 37.8 Å². The van der Waals surface area contributed by atoms with Crippen LogP contribution in [0.3, 0.4) is 0 Å². The van der Waals surface area contributed by atoms with Crippen molar-refractivity contribution < 1.29 is 9.22 Å². The number of hydrogen-bond donors (Lipinski definition) is 0. The Morgan fingerprint density at radius 1 is 1.05 bits per heavy atom. The summed E-state index contributed by atoms with van der Waals surface area (Å²) in [6, 6.07) is 10.1. The van der Waals surface area contributed by atoms with Gasteiger partial charge in [0, 0.05) is 5.69 Å². The largest absolute Gasteiger partial charge is 0.519 e. The van der Waals surface area contributed by atoms with Gasteiger partial charge in [0.15, 0.2) is 0 Å². The van der Waals surface area contributed by atoms with Crippen LogP contribution >= 0.6 is 0 Å². The maximum Gasteiger partial charge on any atom is 0.311 e. The zero-order valence-corrected chi connectivity index (χ0v) is 14.9. The van der Waals surface area contributed by atoms with Crippen molar-refractivity contribution in [3.63, 3.8) is 0 Å². The van der Waals surface area contributed by atoms with Crippen LogP contribution in [-0.2, 0) is 9.22 Å². The van der Waals surface area contributed by atoms with Crippen molar-refractivity contribution in [2.24, 2.45) is 0 Å². The number of rotatable bonds is 5. The fourth-order valence-electron chi connectivity index (χ4n) is 1.83. The average molecular weight is 296 g/mol. The minimum atomic E-state index is -1.81. The van der Waals surface area contributed by atoms with Crippen molar-refractivity contribution in [1.82, 2.24) is 0 Å². The second kappa shape index (κ2) is 5.92. The third-order valence-corrected chi connectivity index (χ3v) is 5.46. The molecule has 5 heteroatoms. The summed E-state index contributed by atoms with van der Waals surface area (Å²) in [5.41, 5.74) is 1.11. The number of hydrogen-bond acceptors (Lipinski definition) is 3. The summed E-state index contributed by atoms with van der Waals surface area (Å²) in [6.07, 6.45) is 0. The highest BCUT2D eigenvalue weighted by Crippen LogP contribution is 2.21. The number of para-hydroxylation sites is 1. The van der Waals surface area contributed by atoms with E-state index in [-0.39, 0.29) is 5.97 Å². The molecule has 0 bridgehead atoms. The molecule has 0 N–H and O–H groups in total. The zero-order valence-electron chi connectivity index (χ0n) is 12.9. The number of carbonyl (C=O) groups is 1. The highest BCUT2D eigenvalue weighted by atomic mass is 28.4. The predicted molar refractivity (Wildman–Crippen MR) is 86.6 cm³/mol. The van der Waals surface area contributed by atoms with Gasteiger partial charge in [0.25, 0.3) is 0 Å². The number of nitrogens with zero attached hydrogens (tertiary/aromatic N) is 1. The molecule has 19 heavy (non-hydrogen) atoms. The molecule has 1 rings (SSSR count). The Labute approximate surface area is 118 Å². The van der Waals surface area contributed by atoms with Gasteiger partial charge in [-0.25, -0.2) is 0 Å². The molecule has 0 radical (unpaired) electrons. The maximum absolute atomic E-state index is 12.1. The van der Waals surface area contributed by atoms with Crippen molar-refractivity contribution in [3.05, 3.63) is 30.3 Å². The summed E-state index contributed by atoms with van der Waals surface area (Å²) in [5.74, 6) is -0.106. The van der Waals surface area contributed by atoms with Gasteiger partial charge < -0.3 is 8.99 Å². The zero-order chi connectivity index (χ0) is 14.7. The molecule has 0 fully saturated rings. The maximum atomic E-state index is 12.1. The van der Waals surface area contributed by atoms with Crippen molar-refractivity contribution in [2.45, 2.75) is 39.3 Å². The smallest absolute Gasteiger partial charge is 0.311 e. The molecular formula is C14H25NO2Si2. The Morgan fingerprint density at radius 2 is 1.58 bits per heavy atom. The lowest BCUT2D eigenvalue weighted by atomic mass is 10.3. The molecule has 0 aromatic heterocycles. The Balaban J connectivity index is 2.87. The van der Waals surface area contributed by atoms with Crippen LogP contribution < -0.4 is 4.57 Å². The standard InChI is InChI=1S/C14H25NO2Si2/c1-18(2,3)15(13-10-8-7-9-11-13)12-14(16)17-19(4,5)6/h7-11H,12H2,1-6H3. The first-order chi connectivity index (χ1) is 8.59. The van der Waals surface area contributed by atoms with Gasteiger partial charge in [0.05, 0.1) is 0 Å². The molecule has 0 saturated carbocycles. The van der Waals surface area contributed by atoms with Crippen LogP contribution in [0.2, 0.25) is 39.3 Å². The molecule has 0 saturated heterocycles. The molecule has 0 heterocycles. The number of anilines is 1. The first-order valence-electron chi connectivity index (χ1n) is 6.64. The van der Waals surface area contributed by atoms with E-state index in [1.54, 1.807) is 0 Å². The van der Waals surface area contributed by atoms with Gasteiger partial charge in [-0.3, -0.25) is 4.79 Å². The molecule has 0 atom stereocenters. The SMILES string of the molecule is C[Si](C)(C)OC(=O)CN(c1ccccc1)[Si](C)(C)C. The van der Waals surface area contributed by atoms with E-state index in [4.69, 9.17) is 4.43 Å².